The lowest BCUT2D eigenvalue weighted by atomic mass is 10.2. The molecule has 116 valence electrons. The van der Waals surface area contributed by atoms with E-state index in [4.69, 9.17) is 4.74 Å². The van der Waals surface area contributed by atoms with E-state index in [-0.39, 0.29) is 11.9 Å². The van der Waals surface area contributed by atoms with Gasteiger partial charge in [0.05, 0.1) is 18.3 Å². The molecule has 1 aliphatic rings. The third kappa shape index (κ3) is 4.46. The van der Waals surface area contributed by atoms with Crippen LogP contribution >= 0.6 is 0 Å². The number of benzene rings is 1. The summed E-state index contributed by atoms with van der Waals surface area (Å²) in [5.41, 5.74) is 0.756. The molecule has 1 atom stereocenters. The van der Waals surface area contributed by atoms with Crippen molar-refractivity contribution >= 4 is 11.6 Å². The fraction of sp³-hybridized carbons (Fsp3) is 0.588. The molecule has 0 bridgehead atoms. The number of nitrogens with one attached hydrogen (secondary N) is 1. The van der Waals surface area contributed by atoms with Gasteiger partial charge in [0.15, 0.2) is 0 Å². The SMILES string of the molecule is CCOc1ccccc1NC(=O)[C@H](C)N1CCCCCC1. The molecule has 0 aromatic heterocycles. The zero-order valence-electron chi connectivity index (χ0n) is 13.1. The number of nitrogens with zero attached hydrogens (tertiary/aromatic N) is 1. The predicted molar refractivity (Wildman–Crippen MR) is 85.7 cm³/mol. The molecule has 0 unspecified atom stereocenters. The lowest BCUT2D eigenvalue weighted by Crippen LogP contribution is -2.42. The van der Waals surface area contributed by atoms with Crippen LogP contribution < -0.4 is 10.1 Å². The summed E-state index contributed by atoms with van der Waals surface area (Å²) in [5, 5.41) is 3.01. The van der Waals surface area contributed by atoms with Crippen molar-refractivity contribution in [3.8, 4) is 5.75 Å². The van der Waals surface area contributed by atoms with Gasteiger partial charge in [-0.15, -0.1) is 0 Å². The van der Waals surface area contributed by atoms with Gasteiger partial charge in [-0.1, -0.05) is 25.0 Å². The minimum Gasteiger partial charge on any atom is -0.492 e. The molecule has 4 nitrogen and oxygen atoms in total. The van der Waals surface area contributed by atoms with E-state index in [9.17, 15) is 4.79 Å². The Morgan fingerprint density at radius 3 is 2.57 bits per heavy atom. The van der Waals surface area contributed by atoms with Crippen molar-refractivity contribution in [1.82, 2.24) is 4.90 Å². The zero-order chi connectivity index (χ0) is 15.1. The van der Waals surface area contributed by atoms with Crippen LogP contribution in [-0.2, 0) is 4.79 Å². The molecule has 1 N–H and O–H groups in total. The summed E-state index contributed by atoms with van der Waals surface area (Å²) >= 11 is 0. The number of rotatable bonds is 5. The lowest BCUT2D eigenvalue weighted by molar-refractivity contribution is -0.120. The quantitative estimate of drug-likeness (QED) is 0.904. The van der Waals surface area contributed by atoms with Crippen LogP contribution in [0.25, 0.3) is 0 Å². The number of carbonyl (C=O) groups excluding carboxylic acids is 1. The molecule has 1 fully saturated rings. The second-order valence-electron chi connectivity index (χ2n) is 5.54. The summed E-state index contributed by atoms with van der Waals surface area (Å²) in [5.74, 6) is 0.778. The summed E-state index contributed by atoms with van der Waals surface area (Å²) in [6.45, 7) is 6.56. The third-order valence-corrected chi connectivity index (χ3v) is 4.01. The molecule has 21 heavy (non-hydrogen) atoms. The molecule has 1 aliphatic heterocycles. The molecule has 1 aromatic carbocycles. The van der Waals surface area contributed by atoms with Crippen molar-refractivity contribution in [2.75, 3.05) is 25.0 Å². The molecule has 0 spiro atoms. The maximum atomic E-state index is 12.5. The first kappa shape index (κ1) is 15.8. The van der Waals surface area contributed by atoms with Gasteiger partial charge < -0.3 is 10.1 Å². The van der Waals surface area contributed by atoms with Crippen molar-refractivity contribution in [2.24, 2.45) is 0 Å². The summed E-state index contributed by atoms with van der Waals surface area (Å²) in [4.78, 5) is 14.8. The van der Waals surface area contributed by atoms with Crippen LogP contribution in [0.4, 0.5) is 5.69 Å². The highest BCUT2D eigenvalue weighted by atomic mass is 16.5. The summed E-state index contributed by atoms with van der Waals surface area (Å²) in [6.07, 6.45) is 4.93. The van der Waals surface area contributed by atoms with E-state index in [0.717, 1.165) is 24.5 Å². The van der Waals surface area contributed by atoms with Gasteiger partial charge >= 0.3 is 0 Å². The maximum absolute atomic E-state index is 12.5. The van der Waals surface area contributed by atoms with Crippen molar-refractivity contribution in [2.45, 2.75) is 45.6 Å². The Bertz CT molecular complexity index is 454. The van der Waals surface area contributed by atoms with E-state index in [2.05, 4.69) is 10.2 Å². The molecule has 4 heteroatoms. The standard InChI is InChI=1S/C17H26N2O2/c1-3-21-16-11-7-6-10-15(16)18-17(20)14(2)19-12-8-4-5-9-13-19/h6-7,10-11,14H,3-5,8-9,12-13H2,1-2H3,(H,18,20)/t14-/m0/s1. The number of para-hydroxylation sites is 2. The van der Waals surface area contributed by atoms with Crippen LogP contribution in [-0.4, -0.2) is 36.5 Å². The minimum atomic E-state index is -0.0993. The van der Waals surface area contributed by atoms with Crippen LogP contribution in [0.15, 0.2) is 24.3 Å². The summed E-state index contributed by atoms with van der Waals surface area (Å²) < 4.78 is 5.55. The summed E-state index contributed by atoms with van der Waals surface area (Å²) in [6, 6.07) is 7.50. The Hall–Kier alpha value is -1.55. The fourth-order valence-corrected chi connectivity index (χ4v) is 2.74. The Kier molecular flexibility index (Phi) is 6.05. The fourth-order valence-electron chi connectivity index (χ4n) is 2.74. The first-order chi connectivity index (χ1) is 10.2. The van der Waals surface area contributed by atoms with E-state index in [1.807, 2.05) is 38.1 Å². The van der Waals surface area contributed by atoms with E-state index in [1.165, 1.54) is 25.7 Å². The van der Waals surface area contributed by atoms with Gasteiger partial charge in [-0.2, -0.15) is 0 Å². The van der Waals surface area contributed by atoms with Crippen LogP contribution in [0.5, 0.6) is 5.75 Å². The second-order valence-corrected chi connectivity index (χ2v) is 5.54. The van der Waals surface area contributed by atoms with Gasteiger partial charge in [-0.05, 0) is 51.9 Å². The van der Waals surface area contributed by atoms with Crippen molar-refractivity contribution in [3.63, 3.8) is 0 Å². The number of ether oxygens (including phenoxy) is 1. The Morgan fingerprint density at radius 1 is 1.24 bits per heavy atom. The molecule has 0 aliphatic carbocycles. The highest BCUT2D eigenvalue weighted by Gasteiger charge is 2.22. The van der Waals surface area contributed by atoms with Crippen LogP contribution in [0.2, 0.25) is 0 Å². The molecule has 1 aromatic rings. The summed E-state index contributed by atoms with van der Waals surface area (Å²) in [7, 11) is 0. The molecular formula is C17H26N2O2. The number of hydrogen-bond acceptors (Lipinski definition) is 3. The van der Waals surface area contributed by atoms with E-state index >= 15 is 0 Å². The number of amides is 1. The van der Waals surface area contributed by atoms with E-state index < -0.39 is 0 Å². The average molecular weight is 290 g/mol. The molecule has 2 rings (SSSR count). The largest absolute Gasteiger partial charge is 0.492 e. The van der Waals surface area contributed by atoms with Crippen molar-refractivity contribution in [3.05, 3.63) is 24.3 Å². The first-order valence-electron chi connectivity index (χ1n) is 7.99. The smallest absolute Gasteiger partial charge is 0.241 e. The van der Waals surface area contributed by atoms with E-state index in [0.29, 0.717) is 6.61 Å². The Morgan fingerprint density at radius 2 is 1.90 bits per heavy atom. The average Bonchev–Trinajstić information content (AvgIpc) is 2.78. The van der Waals surface area contributed by atoms with Crippen molar-refractivity contribution < 1.29 is 9.53 Å². The molecule has 1 heterocycles. The van der Waals surface area contributed by atoms with Gasteiger partial charge in [0.1, 0.15) is 5.75 Å². The molecule has 1 saturated heterocycles. The molecule has 0 saturated carbocycles. The third-order valence-electron chi connectivity index (χ3n) is 4.01. The topological polar surface area (TPSA) is 41.6 Å². The van der Waals surface area contributed by atoms with Gasteiger partial charge in [0.2, 0.25) is 5.91 Å². The van der Waals surface area contributed by atoms with Crippen LogP contribution in [0, 0.1) is 0 Å². The number of carbonyl (C=O) groups is 1. The van der Waals surface area contributed by atoms with Gasteiger partial charge in [-0.3, -0.25) is 9.69 Å². The number of hydrogen-bond donors (Lipinski definition) is 1. The zero-order valence-corrected chi connectivity index (χ0v) is 13.1. The molecular weight excluding hydrogens is 264 g/mol. The highest BCUT2D eigenvalue weighted by Crippen LogP contribution is 2.24. The van der Waals surface area contributed by atoms with Crippen LogP contribution in [0.3, 0.4) is 0 Å². The normalized spacial score (nSPS) is 17.8. The highest BCUT2D eigenvalue weighted by molar-refractivity contribution is 5.95. The Balaban J connectivity index is 1.99. The lowest BCUT2D eigenvalue weighted by Gasteiger charge is -2.26. The van der Waals surface area contributed by atoms with E-state index in [1.54, 1.807) is 0 Å². The molecule has 1 amide bonds. The minimum absolute atomic E-state index is 0.0454. The second kappa shape index (κ2) is 8.03. The molecule has 0 radical (unpaired) electrons. The predicted octanol–water partition coefficient (Wildman–Crippen LogP) is 3.29. The monoisotopic (exact) mass is 290 g/mol. The van der Waals surface area contributed by atoms with Gasteiger partial charge in [-0.25, -0.2) is 0 Å². The van der Waals surface area contributed by atoms with Crippen molar-refractivity contribution in [1.29, 1.82) is 0 Å². The number of likely N-dealkylation sites (tertiary alicyclic amines) is 1. The van der Waals surface area contributed by atoms with Gasteiger partial charge in [0, 0.05) is 0 Å². The van der Waals surface area contributed by atoms with Gasteiger partial charge in [0.25, 0.3) is 0 Å². The maximum Gasteiger partial charge on any atom is 0.241 e. The van der Waals surface area contributed by atoms with Crippen LogP contribution in [0.1, 0.15) is 39.5 Å². The number of anilines is 1. The Labute approximate surface area is 127 Å². The first-order valence-corrected chi connectivity index (χ1v) is 7.99.